The molecule has 0 fully saturated rings. The van der Waals surface area contributed by atoms with Crippen molar-refractivity contribution in [1.29, 1.82) is 0 Å². The Morgan fingerprint density at radius 2 is 1.64 bits per heavy atom. The van der Waals surface area contributed by atoms with Gasteiger partial charge in [0.1, 0.15) is 19.7 Å². The molecule has 0 saturated carbocycles. The van der Waals surface area contributed by atoms with Crippen LogP contribution in [-0.4, -0.2) is 15.0 Å². The number of aromatic nitrogens is 4. The lowest BCUT2D eigenvalue weighted by Crippen LogP contribution is -3.00. The quantitative estimate of drug-likeness (QED) is 0.522. The highest BCUT2D eigenvalue weighted by Crippen LogP contribution is 2.09. The molecule has 0 N–H and O–H groups in total. The second-order valence-corrected chi connectivity index (χ2v) is 2.71. The largest absolute Gasteiger partial charge is 1.00 e. The van der Waals surface area contributed by atoms with Crippen molar-refractivity contribution in [1.82, 2.24) is 15.0 Å². The molecule has 0 bridgehead atoms. The molecule has 14 heavy (non-hydrogen) atoms. The van der Waals surface area contributed by atoms with Crippen molar-refractivity contribution < 1.29 is 21.5 Å². The van der Waals surface area contributed by atoms with E-state index in [1.54, 1.807) is 0 Å². The second kappa shape index (κ2) is 4.76. The third-order valence-corrected chi connectivity index (χ3v) is 1.73. The zero-order valence-corrected chi connectivity index (χ0v) is 9.22. The average Bonchev–Trinajstić information content (AvgIpc) is 2.20. The summed E-state index contributed by atoms with van der Waals surface area (Å²) in [7, 11) is 1.97. The number of nitrogens with zero attached hydrogens (tertiary/aromatic N) is 4. The van der Waals surface area contributed by atoms with Gasteiger partial charge in [-0.3, -0.25) is 0 Å². The lowest BCUT2D eigenvalue weighted by atomic mass is 10.2. The summed E-state index contributed by atoms with van der Waals surface area (Å²) in [6.45, 7) is 0. The van der Waals surface area contributed by atoms with Gasteiger partial charge in [0, 0.05) is 17.7 Å². The molecule has 2 heterocycles. The zero-order chi connectivity index (χ0) is 9.10. The Morgan fingerprint density at radius 1 is 1.07 bits per heavy atom. The van der Waals surface area contributed by atoms with Crippen molar-refractivity contribution in [3.05, 3.63) is 37.2 Å². The SMILES string of the molecule is C[n+]1ccc(-c2ncncn2)cc1.[Br-]. The molecule has 0 amide bonds. The van der Waals surface area contributed by atoms with Gasteiger partial charge in [0.05, 0.1) is 0 Å². The molecule has 72 valence electrons. The van der Waals surface area contributed by atoms with Crippen molar-refractivity contribution in [2.75, 3.05) is 0 Å². The lowest BCUT2D eigenvalue weighted by Gasteiger charge is -1.95. The monoisotopic (exact) mass is 252 g/mol. The van der Waals surface area contributed by atoms with Crippen LogP contribution in [0, 0.1) is 0 Å². The molecule has 2 aromatic rings. The summed E-state index contributed by atoms with van der Waals surface area (Å²) in [6.07, 6.45) is 6.91. The molecule has 0 aromatic carbocycles. The van der Waals surface area contributed by atoms with E-state index in [0.29, 0.717) is 5.82 Å². The number of rotatable bonds is 1. The van der Waals surface area contributed by atoms with Gasteiger partial charge in [-0.25, -0.2) is 19.5 Å². The zero-order valence-electron chi connectivity index (χ0n) is 7.63. The van der Waals surface area contributed by atoms with Crippen molar-refractivity contribution in [2.24, 2.45) is 7.05 Å². The molecular weight excluding hydrogens is 244 g/mol. The van der Waals surface area contributed by atoms with Crippen molar-refractivity contribution in [2.45, 2.75) is 0 Å². The van der Waals surface area contributed by atoms with Crippen LogP contribution in [-0.2, 0) is 7.05 Å². The van der Waals surface area contributed by atoms with Crippen molar-refractivity contribution in [3.63, 3.8) is 0 Å². The number of pyridine rings is 1. The molecule has 0 saturated heterocycles. The first-order valence-electron chi connectivity index (χ1n) is 3.94. The fourth-order valence-electron chi connectivity index (χ4n) is 1.04. The number of hydrogen-bond acceptors (Lipinski definition) is 3. The summed E-state index contributed by atoms with van der Waals surface area (Å²) in [5.41, 5.74) is 1.00. The summed E-state index contributed by atoms with van der Waals surface area (Å²) >= 11 is 0. The fraction of sp³-hybridized carbons (Fsp3) is 0.111. The van der Waals surface area contributed by atoms with Gasteiger partial charge in [-0.1, -0.05) is 0 Å². The third-order valence-electron chi connectivity index (χ3n) is 1.73. The molecule has 0 aliphatic heterocycles. The van der Waals surface area contributed by atoms with Gasteiger partial charge in [-0.05, 0) is 0 Å². The molecule has 0 aliphatic carbocycles. The minimum atomic E-state index is 0. The molecular formula is C9H9BrN4. The van der Waals surface area contributed by atoms with Crippen LogP contribution in [0.2, 0.25) is 0 Å². The van der Waals surface area contributed by atoms with Gasteiger partial charge >= 0.3 is 0 Å². The molecule has 0 unspecified atom stereocenters. The van der Waals surface area contributed by atoms with Crippen LogP contribution in [0.1, 0.15) is 0 Å². The number of halogens is 1. The van der Waals surface area contributed by atoms with Crippen molar-refractivity contribution in [3.8, 4) is 11.4 Å². The van der Waals surface area contributed by atoms with E-state index in [1.807, 2.05) is 36.1 Å². The summed E-state index contributed by atoms with van der Waals surface area (Å²) in [5, 5.41) is 0. The first-order chi connectivity index (χ1) is 6.36. The van der Waals surface area contributed by atoms with E-state index in [-0.39, 0.29) is 17.0 Å². The van der Waals surface area contributed by atoms with Crippen LogP contribution >= 0.6 is 0 Å². The molecule has 4 nitrogen and oxygen atoms in total. The third kappa shape index (κ3) is 2.32. The van der Waals surface area contributed by atoms with Crippen LogP contribution in [0.25, 0.3) is 11.4 Å². The summed E-state index contributed by atoms with van der Waals surface area (Å²) in [5.74, 6) is 0.704. The minimum absolute atomic E-state index is 0. The van der Waals surface area contributed by atoms with Crippen LogP contribution in [0.5, 0.6) is 0 Å². The molecule has 2 aromatic heterocycles. The maximum absolute atomic E-state index is 4.05. The first kappa shape index (κ1) is 10.7. The van der Waals surface area contributed by atoms with Crippen molar-refractivity contribution >= 4 is 0 Å². The Bertz CT molecular complexity index is 387. The van der Waals surface area contributed by atoms with Gasteiger partial charge < -0.3 is 17.0 Å². The van der Waals surface area contributed by atoms with E-state index in [9.17, 15) is 0 Å². The summed E-state index contributed by atoms with van der Waals surface area (Å²) < 4.78 is 1.96. The normalized spacial score (nSPS) is 9.21. The molecule has 0 spiro atoms. The predicted octanol–water partition coefficient (Wildman–Crippen LogP) is -2.63. The van der Waals surface area contributed by atoms with E-state index >= 15 is 0 Å². The molecule has 0 atom stereocenters. The van der Waals surface area contributed by atoms with Gasteiger partial charge in [0.25, 0.3) is 0 Å². The molecule has 2 rings (SSSR count). The highest BCUT2D eigenvalue weighted by Gasteiger charge is 2.00. The highest BCUT2D eigenvalue weighted by molar-refractivity contribution is 5.51. The summed E-state index contributed by atoms with van der Waals surface area (Å²) in [6, 6.07) is 3.94. The van der Waals surface area contributed by atoms with Crippen LogP contribution < -0.4 is 21.5 Å². The Morgan fingerprint density at radius 3 is 2.21 bits per heavy atom. The number of hydrogen-bond donors (Lipinski definition) is 0. The Labute approximate surface area is 92.5 Å². The molecule has 5 heteroatoms. The van der Waals surface area contributed by atoms with Gasteiger partial charge in [-0.2, -0.15) is 0 Å². The predicted molar refractivity (Wildman–Crippen MR) is 46.4 cm³/mol. The van der Waals surface area contributed by atoms with Gasteiger partial charge in [0.15, 0.2) is 18.2 Å². The second-order valence-electron chi connectivity index (χ2n) is 2.71. The smallest absolute Gasteiger partial charge is 0.169 e. The molecule has 0 aliphatic rings. The Kier molecular flexibility index (Phi) is 3.64. The maximum Gasteiger partial charge on any atom is 0.169 e. The van der Waals surface area contributed by atoms with Crippen LogP contribution in [0.3, 0.4) is 0 Å². The van der Waals surface area contributed by atoms with E-state index in [4.69, 9.17) is 0 Å². The van der Waals surface area contributed by atoms with Crippen LogP contribution in [0.4, 0.5) is 0 Å². The van der Waals surface area contributed by atoms with E-state index < -0.39 is 0 Å². The maximum atomic E-state index is 4.05. The molecule has 0 radical (unpaired) electrons. The Balaban J connectivity index is 0.000000980. The summed E-state index contributed by atoms with van der Waals surface area (Å²) in [4.78, 5) is 11.9. The minimum Gasteiger partial charge on any atom is -1.00 e. The van der Waals surface area contributed by atoms with Crippen LogP contribution in [0.15, 0.2) is 37.2 Å². The topological polar surface area (TPSA) is 42.5 Å². The van der Waals surface area contributed by atoms with Gasteiger partial charge in [-0.15, -0.1) is 0 Å². The van der Waals surface area contributed by atoms with E-state index in [1.165, 1.54) is 12.7 Å². The van der Waals surface area contributed by atoms with E-state index in [2.05, 4.69) is 15.0 Å². The Hall–Kier alpha value is -1.36. The van der Waals surface area contributed by atoms with E-state index in [0.717, 1.165) is 5.56 Å². The first-order valence-corrected chi connectivity index (χ1v) is 3.94. The van der Waals surface area contributed by atoms with Gasteiger partial charge in [0.2, 0.25) is 0 Å². The number of aryl methyl sites for hydroxylation is 1. The fourth-order valence-corrected chi connectivity index (χ4v) is 1.04. The lowest BCUT2D eigenvalue weighted by molar-refractivity contribution is -0.671. The highest BCUT2D eigenvalue weighted by atomic mass is 79.9. The average molecular weight is 253 g/mol. The standard InChI is InChI=1S/C9H9N4.BrH/c1-13-4-2-8(3-5-13)9-11-6-10-7-12-9;/h2-7H,1H3;1H/q+1;/p-1.